The molecule has 0 radical (unpaired) electrons. The SMILES string of the molecule is C[C@@H](OC(=O)[C@@H](C)Oc1ccc(F)cc1)C(=O)Nc1ccc2c(c1)CCC2. The van der Waals surface area contributed by atoms with Gasteiger partial charge in [0.1, 0.15) is 11.6 Å². The second-order valence-electron chi connectivity index (χ2n) is 6.62. The Labute approximate surface area is 157 Å². The molecule has 0 bridgehead atoms. The minimum absolute atomic E-state index is 0.344. The molecule has 0 aliphatic heterocycles. The maximum absolute atomic E-state index is 12.9. The van der Waals surface area contributed by atoms with Gasteiger partial charge < -0.3 is 14.8 Å². The molecule has 2 aromatic rings. The lowest BCUT2D eigenvalue weighted by Crippen LogP contribution is -2.35. The van der Waals surface area contributed by atoms with Crippen LogP contribution in [0.25, 0.3) is 0 Å². The lowest BCUT2D eigenvalue weighted by atomic mass is 10.1. The number of benzene rings is 2. The van der Waals surface area contributed by atoms with Gasteiger partial charge in [0.15, 0.2) is 12.2 Å². The monoisotopic (exact) mass is 371 g/mol. The van der Waals surface area contributed by atoms with Crippen molar-refractivity contribution in [1.82, 2.24) is 0 Å². The number of ether oxygens (including phenoxy) is 2. The number of carbonyl (C=O) groups excluding carboxylic acids is 2. The molecule has 142 valence electrons. The summed E-state index contributed by atoms with van der Waals surface area (Å²) in [6.07, 6.45) is 1.33. The van der Waals surface area contributed by atoms with Crippen molar-refractivity contribution in [2.45, 2.75) is 45.3 Å². The van der Waals surface area contributed by atoms with Crippen molar-refractivity contribution in [3.8, 4) is 5.75 Å². The van der Waals surface area contributed by atoms with E-state index in [9.17, 15) is 14.0 Å². The van der Waals surface area contributed by atoms with Crippen LogP contribution in [0.2, 0.25) is 0 Å². The van der Waals surface area contributed by atoms with Gasteiger partial charge in [-0.15, -0.1) is 0 Å². The fraction of sp³-hybridized carbons (Fsp3) is 0.333. The molecule has 0 saturated heterocycles. The van der Waals surface area contributed by atoms with Gasteiger partial charge in [-0.05, 0) is 80.6 Å². The van der Waals surface area contributed by atoms with Gasteiger partial charge in [0.05, 0.1) is 0 Å². The van der Waals surface area contributed by atoms with Gasteiger partial charge in [-0.3, -0.25) is 4.79 Å². The van der Waals surface area contributed by atoms with Crippen molar-refractivity contribution in [2.75, 3.05) is 5.32 Å². The zero-order valence-electron chi connectivity index (χ0n) is 15.3. The molecular formula is C21H22FNO4. The summed E-state index contributed by atoms with van der Waals surface area (Å²) in [5.41, 5.74) is 3.26. The molecule has 3 rings (SSSR count). The highest BCUT2D eigenvalue weighted by atomic mass is 19.1. The summed E-state index contributed by atoms with van der Waals surface area (Å²) in [7, 11) is 0. The summed E-state index contributed by atoms with van der Waals surface area (Å²) in [6, 6.07) is 11.2. The number of nitrogens with one attached hydrogen (secondary N) is 1. The van der Waals surface area contributed by atoms with Crippen LogP contribution in [0.1, 0.15) is 31.4 Å². The van der Waals surface area contributed by atoms with Crippen LogP contribution in [-0.4, -0.2) is 24.1 Å². The molecule has 0 spiro atoms. The number of rotatable bonds is 6. The molecule has 0 unspecified atom stereocenters. The van der Waals surface area contributed by atoms with Crippen LogP contribution in [-0.2, 0) is 27.2 Å². The minimum Gasteiger partial charge on any atom is -0.479 e. The fourth-order valence-corrected chi connectivity index (χ4v) is 2.98. The highest BCUT2D eigenvalue weighted by molar-refractivity contribution is 5.95. The molecule has 5 nitrogen and oxygen atoms in total. The summed E-state index contributed by atoms with van der Waals surface area (Å²) in [5.74, 6) is -1.13. The van der Waals surface area contributed by atoms with Crippen molar-refractivity contribution in [2.24, 2.45) is 0 Å². The summed E-state index contributed by atoms with van der Waals surface area (Å²) >= 11 is 0. The summed E-state index contributed by atoms with van der Waals surface area (Å²) in [4.78, 5) is 24.4. The highest BCUT2D eigenvalue weighted by Crippen LogP contribution is 2.25. The van der Waals surface area contributed by atoms with Gasteiger partial charge in [0.2, 0.25) is 0 Å². The van der Waals surface area contributed by atoms with Crippen LogP contribution in [0, 0.1) is 5.82 Å². The first kappa shape index (κ1) is 18.9. The van der Waals surface area contributed by atoms with E-state index in [0.29, 0.717) is 11.4 Å². The number of hydrogen-bond acceptors (Lipinski definition) is 4. The van der Waals surface area contributed by atoms with Crippen molar-refractivity contribution in [1.29, 1.82) is 0 Å². The molecular weight excluding hydrogens is 349 g/mol. The Bertz CT molecular complexity index is 835. The van der Waals surface area contributed by atoms with Crippen molar-refractivity contribution in [3.63, 3.8) is 0 Å². The summed E-state index contributed by atoms with van der Waals surface area (Å²) in [6.45, 7) is 3.02. The second-order valence-corrected chi connectivity index (χ2v) is 6.62. The Morgan fingerprint density at radius 1 is 1.00 bits per heavy atom. The number of anilines is 1. The maximum atomic E-state index is 12.9. The van der Waals surface area contributed by atoms with E-state index >= 15 is 0 Å². The predicted molar refractivity (Wildman–Crippen MR) is 99.1 cm³/mol. The normalized spacial score (nSPS) is 14.8. The fourth-order valence-electron chi connectivity index (χ4n) is 2.98. The van der Waals surface area contributed by atoms with E-state index < -0.39 is 29.9 Å². The number of amides is 1. The average molecular weight is 371 g/mol. The predicted octanol–water partition coefficient (Wildman–Crippen LogP) is 3.65. The first-order valence-electron chi connectivity index (χ1n) is 8.98. The third-order valence-electron chi connectivity index (χ3n) is 4.49. The van der Waals surface area contributed by atoms with Crippen molar-refractivity contribution in [3.05, 3.63) is 59.4 Å². The third-order valence-corrected chi connectivity index (χ3v) is 4.49. The van der Waals surface area contributed by atoms with E-state index in [1.807, 2.05) is 18.2 Å². The van der Waals surface area contributed by atoms with Gasteiger partial charge in [-0.1, -0.05) is 6.07 Å². The molecule has 1 N–H and O–H groups in total. The van der Waals surface area contributed by atoms with E-state index in [4.69, 9.17) is 9.47 Å². The van der Waals surface area contributed by atoms with Crippen LogP contribution in [0.4, 0.5) is 10.1 Å². The van der Waals surface area contributed by atoms with E-state index in [-0.39, 0.29) is 0 Å². The highest BCUT2D eigenvalue weighted by Gasteiger charge is 2.23. The van der Waals surface area contributed by atoms with E-state index in [1.165, 1.54) is 49.2 Å². The Hall–Kier alpha value is -2.89. The molecule has 0 fully saturated rings. The maximum Gasteiger partial charge on any atom is 0.347 e. The van der Waals surface area contributed by atoms with Gasteiger partial charge in [0, 0.05) is 5.69 Å². The number of esters is 1. The third kappa shape index (κ3) is 4.84. The molecule has 0 saturated carbocycles. The van der Waals surface area contributed by atoms with Crippen molar-refractivity contribution < 1.29 is 23.5 Å². The Morgan fingerprint density at radius 2 is 1.70 bits per heavy atom. The van der Waals surface area contributed by atoms with Gasteiger partial charge in [-0.2, -0.15) is 0 Å². The van der Waals surface area contributed by atoms with Gasteiger partial charge in [0.25, 0.3) is 5.91 Å². The molecule has 2 atom stereocenters. The molecule has 0 heterocycles. The van der Waals surface area contributed by atoms with E-state index in [0.717, 1.165) is 19.3 Å². The van der Waals surface area contributed by atoms with Crippen LogP contribution in [0.5, 0.6) is 5.75 Å². The molecule has 6 heteroatoms. The van der Waals surface area contributed by atoms with Crippen LogP contribution in [0.15, 0.2) is 42.5 Å². The van der Waals surface area contributed by atoms with Crippen LogP contribution < -0.4 is 10.1 Å². The molecule has 0 aromatic heterocycles. The molecule has 1 aliphatic carbocycles. The molecule has 27 heavy (non-hydrogen) atoms. The number of hydrogen-bond donors (Lipinski definition) is 1. The van der Waals surface area contributed by atoms with Crippen LogP contribution in [0.3, 0.4) is 0 Å². The topological polar surface area (TPSA) is 64.6 Å². The smallest absolute Gasteiger partial charge is 0.347 e. The van der Waals surface area contributed by atoms with Gasteiger partial charge >= 0.3 is 5.97 Å². The molecule has 1 amide bonds. The van der Waals surface area contributed by atoms with Gasteiger partial charge in [-0.25, -0.2) is 9.18 Å². The lowest BCUT2D eigenvalue weighted by Gasteiger charge is -2.18. The van der Waals surface area contributed by atoms with E-state index in [2.05, 4.69) is 5.32 Å². The first-order valence-corrected chi connectivity index (χ1v) is 8.98. The number of halogens is 1. The second kappa shape index (κ2) is 8.20. The average Bonchev–Trinajstić information content (AvgIpc) is 3.11. The number of carbonyl (C=O) groups is 2. The standard InChI is InChI=1S/C21H22FNO4/c1-13(20(24)23-18-9-6-15-4-3-5-16(15)12-18)27-21(25)14(2)26-19-10-7-17(22)8-11-19/h6-14H,3-5H2,1-2H3,(H,23,24)/t13-,14-/m1/s1. The number of aryl methyl sites for hydroxylation is 2. The lowest BCUT2D eigenvalue weighted by molar-refractivity contribution is -0.159. The number of fused-ring (bicyclic) bond motifs is 1. The molecule has 1 aliphatic rings. The Balaban J connectivity index is 1.52. The van der Waals surface area contributed by atoms with Crippen molar-refractivity contribution >= 4 is 17.6 Å². The summed E-state index contributed by atoms with van der Waals surface area (Å²) < 4.78 is 23.5. The first-order chi connectivity index (χ1) is 12.9. The Kier molecular flexibility index (Phi) is 5.74. The molecule has 2 aromatic carbocycles. The van der Waals surface area contributed by atoms with Crippen LogP contribution >= 0.6 is 0 Å². The zero-order valence-corrected chi connectivity index (χ0v) is 15.3. The Morgan fingerprint density at radius 3 is 2.44 bits per heavy atom. The quantitative estimate of drug-likeness (QED) is 0.787. The minimum atomic E-state index is -0.968. The largest absolute Gasteiger partial charge is 0.479 e. The summed E-state index contributed by atoms with van der Waals surface area (Å²) in [5, 5.41) is 2.77. The van der Waals surface area contributed by atoms with E-state index in [1.54, 1.807) is 0 Å². The zero-order chi connectivity index (χ0) is 19.4.